The number of aliphatic carboxylic acids is 1. The molecule has 14 heavy (non-hydrogen) atoms. The van der Waals surface area contributed by atoms with Gasteiger partial charge in [-0.1, -0.05) is 5.16 Å². The van der Waals surface area contributed by atoms with E-state index in [1.807, 2.05) is 0 Å². The molecule has 0 saturated heterocycles. The van der Waals surface area contributed by atoms with Crippen LogP contribution in [0.25, 0.3) is 0 Å². The molecule has 0 spiro atoms. The molecule has 9 heteroatoms. The third kappa shape index (κ3) is 2.30. The highest BCUT2D eigenvalue weighted by molar-refractivity contribution is 7.70. The van der Waals surface area contributed by atoms with Crippen LogP contribution in [0.4, 0.5) is 0 Å². The van der Waals surface area contributed by atoms with E-state index in [0.717, 1.165) is 0 Å². The molecule has 0 aromatic heterocycles. The lowest BCUT2D eigenvalue weighted by atomic mass is 10.1. The highest BCUT2D eigenvalue weighted by Gasteiger charge is 2.38. The van der Waals surface area contributed by atoms with Gasteiger partial charge in [-0.3, -0.25) is 9.36 Å². The van der Waals surface area contributed by atoms with Gasteiger partial charge < -0.3 is 25.5 Å². The highest BCUT2D eigenvalue weighted by Crippen LogP contribution is 2.41. The quantitative estimate of drug-likeness (QED) is 0.435. The van der Waals surface area contributed by atoms with Crippen LogP contribution in [0.15, 0.2) is 5.16 Å². The highest BCUT2D eigenvalue weighted by atomic mass is 31.2. The summed E-state index contributed by atoms with van der Waals surface area (Å²) in [5.41, 5.74) is 4.70. The zero-order valence-corrected chi connectivity index (χ0v) is 7.79. The van der Waals surface area contributed by atoms with Gasteiger partial charge in [0.15, 0.2) is 11.6 Å². The Morgan fingerprint density at radius 2 is 2.29 bits per heavy atom. The summed E-state index contributed by atoms with van der Waals surface area (Å²) in [4.78, 5) is 32.2. The minimum atomic E-state index is -4.44. The number of carbonyl (C=O) groups is 1. The summed E-state index contributed by atoms with van der Waals surface area (Å²) in [6.45, 7) is 0. The number of hydrogen-bond acceptors (Lipinski definition) is 5. The van der Waals surface area contributed by atoms with E-state index in [9.17, 15) is 9.36 Å². The lowest BCUT2D eigenvalue weighted by Gasteiger charge is -2.11. The number of carboxylic acids is 1. The number of nitrogens with zero attached hydrogens (tertiary/aromatic N) is 1. The lowest BCUT2D eigenvalue weighted by molar-refractivity contribution is -0.141. The van der Waals surface area contributed by atoms with Crippen molar-refractivity contribution >= 4 is 19.0 Å². The number of carboxylic acid groups (broad SMARTS) is 1. The molecule has 0 aliphatic carbocycles. The minimum Gasteiger partial charge on any atom is -0.480 e. The fourth-order valence-corrected chi connectivity index (χ4v) is 1.48. The molecule has 0 amide bonds. The molecule has 5 N–H and O–H groups in total. The second-order valence-corrected chi connectivity index (χ2v) is 4.37. The van der Waals surface area contributed by atoms with E-state index in [0.29, 0.717) is 0 Å². The molecule has 1 heterocycles. The molecule has 0 saturated carbocycles. The van der Waals surface area contributed by atoms with Crippen LogP contribution >= 0.6 is 7.60 Å². The molecule has 0 radical (unpaired) electrons. The van der Waals surface area contributed by atoms with Crippen LogP contribution in [0.2, 0.25) is 0 Å². The van der Waals surface area contributed by atoms with Crippen molar-refractivity contribution in [2.45, 2.75) is 18.6 Å². The predicted octanol–water partition coefficient (Wildman–Crippen LogP) is -1.32. The van der Waals surface area contributed by atoms with Crippen molar-refractivity contribution in [3.05, 3.63) is 0 Å². The van der Waals surface area contributed by atoms with Gasteiger partial charge >= 0.3 is 13.6 Å². The summed E-state index contributed by atoms with van der Waals surface area (Å²) in [5, 5.41) is 11.6. The first-order valence-electron chi connectivity index (χ1n) is 3.59. The number of nitrogens with two attached hydrogens (primary N) is 1. The monoisotopic (exact) mass is 224 g/mol. The molecule has 1 aliphatic rings. The predicted molar refractivity (Wildman–Crippen MR) is 44.6 cm³/mol. The van der Waals surface area contributed by atoms with Gasteiger partial charge in [0.1, 0.15) is 6.04 Å². The minimum absolute atomic E-state index is 0.266. The molecule has 2 atom stereocenters. The van der Waals surface area contributed by atoms with Crippen molar-refractivity contribution in [2.75, 3.05) is 0 Å². The molecule has 8 nitrogen and oxygen atoms in total. The van der Waals surface area contributed by atoms with E-state index < -0.39 is 31.2 Å². The topological polar surface area (TPSA) is 142 Å². The van der Waals surface area contributed by atoms with Gasteiger partial charge in [-0.25, -0.2) is 0 Å². The Kier molecular flexibility index (Phi) is 2.91. The van der Waals surface area contributed by atoms with Crippen molar-refractivity contribution in [3.8, 4) is 0 Å². The van der Waals surface area contributed by atoms with Crippen molar-refractivity contribution in [2.24, 2.45) is 10.9 Å². The second-order valence-electron chi connectivity index (χ2n) is 2.76. The second kappa shape index (κ2) is 3.66. The van der Waals surface area contributed by atoms with Crippen LogP contribution in [0.1, 0.15) is 6.42 Å². The molecule has 0 unspecified atom stereocenters. The lowest BCUT2D eigenvalue weighted by Crippen LogP contribution is -2.41. The fraction of sp³-hybridized carbons (Fsp3) is 0.600. The number of oxime groups is 1. The van der Waals surface area contributed by atoms with Crippen molar-refractivity contribution in [1.29, 1.82) is 0 Å². The number of hydrogen-bond donors (Lipinski definition) is 4. The summed E-state index contributed by atoms with van der Waals surface area (Å²) in [6, 6.07) is -1.34. The smallest absolute Gasteiger partial charge is 0.373 e. The SMILES string of the molecule is N[C@H](C(=O)O)[C@H]1CC(P(=O)(O)O)=NO1. The first-order chi connectivity index (χ1) is 6.32. The van der Waals surface area contributed by atoms with Crippen molar-refractivity contribution in [3.63, 3.8) is 0 Å². The maximum atomic E-state index is 10.7. The molecule has 1 rings (SSSR count). The largest absolute Gasteiger partial charge is 0.480 e. The zero-order chi connectivity index (χ0) is 10.9. The average molecular weight is 224 g/mol. The molecule has 0 bridgehead atoms. The summed E-state index contributed by atoms with van der Waals surface area (Å²) >= 11 is 0. The summed E-state index contributed by atoms with van der Waals surface area (Å²) < 4.78 is 10.7. The van der Waals surface area contributed by atoms with E-state index >= 15 is 0 Å². The van der Waals surface area contributed by atoms with Crippen LogP contribution in [0, 0.1) is 0 Å². The first-order valence-corrected chi connectivity index (χ1v) is 5.21. The molecule has 0 fully saturated rings. The van der Waals surface area contributed by atoms with Crippen molar-refractivity contribution < 1.29 is 29.1 Å². The normalized spacial score (nSPS) is 23.9. The van der Waals surface area contributed by atoms with Crippen LogP contribution in [-0.2, 0) is 14.2 Å². The van der Waals surface area contributed by atoms with Crippen LogP contribution < -0.4 is 5.73 Å². The molecular weight excluding hydrogens is 215 g/mol. The Morgan fingerprint density at radius 3 is 2.64 bits per heavy atom. The molecule has 80 valence electrons. The van der Waals surface area contributed by atoms with Crippen LogP contribution in [-0.4, -0.2) is 38.5 Å². The first kappa shape index (κ1) is 11.1. The van der Waals surface area contributed by atoms with E-state index in [4.69, 9.17) is 20.6 Å². The van der Waals surface area contributed by atoms with E-state index in [1.165, 1.54) is 0 Å². The van der Waals surface area contributed by atoms with E-state index in [1.54, 1.807) is 0 Å². The Balaban J connectivity index is 2.64. The summed E-state index contributed by atoms with van der Waals surface area (Å²) in [5.74, 6) is -1.31. The van der Waals surface area contributed by atoms with Crippen LogP contribution in [0.5, 0.6) is 0 Å². The van der Waals surface area contributed by atoms with Gasteiger partial charge in [0.05, 0.1) is 0 Å². The van der Waals surface area contributed by atoms with Gasteiger partial charge in [0, 0.05) is 6.42 Å². The van der Waals surface area contributed by atoms with Crippen molar-refractivity contribution in [1.82, 2.24) is 0 Å². The van der Waals surface area contributed by atoms with Gasteiger partial charge in [0.2, 0.25) is 0 Å². The molecular formula is C5H9N2O6P. The third-order valence-corrected chi connectivity index (χ3v) is 2.64. The van der Waals surface area contributed by atoms with E-state index in [2.05, 4.69) is 9.99 Å². The van der Waals surface area contributed by atoms with Gasteiger partial charge in [-0.2, -0.15) is 0 Å². The van der Waals surface area contributed by atoms with Crippen LogP contribution in [0.3, 0.4) is 0 Å². The summed E-state index contributed by atoms with van der Waals surface area (Å²) in [7, 11) is -4.44. The maximum Gasteiger partial charge on any atom is 0.373 e. The standard InChI is InChI=1S/C5H9N2O6P/c6-4(5(8)9)2-1-3(7-13-2)14(10,11)12/h2,4H,1,6H2,(H,8,9)(H2,10,11,12)/t2-,4+/m1/s1. The third-order valence-electron chi connectivity index (χ3n) is 1.70. The molecule has 0 aromatic rings. The van der Waals surface area contributed by atoms with Gasteiger partial charge in [-0.05, 0) is 0 Å². The number of rotatable bonds is 3. The Labute approximate surface area is 78.5 Å². The molecule has 1 aliphatic heterocycles. The Morgan fingerprint density at radius 1 is 1.71 bits per heavy atom. The molecule has 0 aromatic carbocycles. The van der Waals surface area contributed by atoms with Gasteiger partial charge in [-0.15, -0.1) is 0 Å². The average Bonchev–Trinajstić information content (AvgIpc) is 2.49. The zero-order valence-electron chi connectivity index (χ0n) is 6.90. The Hall–Kier alpha value is -0.950. The summed E-state index contributed by atoms with van der Waals surface area (Å²) in [6.07, 6.45) is -1.28. The van der Waals surface area contributed by atoms with E-state index in [-0.39, 0.29) is 6.42 Å². The van der Waals surface area contributed by atoms with Gasteiger partial charge in [0.25, 0.3) is 0 Å². The Bertz CT molecular complexity index is 322. The maximum absolute atomic E-state index is 10.7. The fourth-order valence-electron chi connectivity index (χ4n) is 0.907.